The standard InChI is InChI=1S/C16H31N3O/c1-2-14-7-6-10-19(13-14)15(12-17)11-16(20)18-8-4-3-5-9-18/h14-15H,2-13,17H2,1H3. The van der Waals surface area contributed by atoms with E-state index in [2.05, 4.69) is 11.8 Å². The molecule has 0 radical (unpaired) electrons. The summed E-state index contributed by atoms with van der Waals surface area (Å²) in [5.41, 5.74) is 5.96. The van der Waals surface area contributed by atoms with Gasteiger partial charge in [0.1, 0.15) is 0 Å². The Kier molecular flexibility index (Phi) is 6.30. The Bertz CT molecular complexity index is 302. The van der Waals surface area contributed by atoms with Crippen molar-refractivity contribution in [1.82, 2.24) is 9.80 Å². The van der Waals surface area contributed by atoms with Crippen molar-refractivity contribution in [2.24, 2.45) is 11.7 Å². The Morgan fingerprint density at radius 2 is 1.95 bits per heavy atom. The van der Waals surface area contributed by atoms with Crippen molar-refractivity contribution in [2.75, 3.05) is 32.7 Å². The van der Waals surface area contributed by atoms with Gasteiger partial charge in [-0.1, -0.05) is 13.3 Å². The topological polar surface area (TPSA) is 49.6 Å². The summed E-state index contributed by atoms with van der Waals surface area (Å²) in [5.74, 6) is 1.11. The minimum atomic E-state index is 0.249. The molecule has 2 aliphatic heterocycles. The molecule has 1 amide bonds. The van der Waals surface area contributed by atoms with Crippen LogP contribution in [0.15, 0.2) is 0 Å². The molecule has 116 valence electrons. The highest BCUT2D eigenvalue weighted by Gasteiger charge is 2.27. The monoisotopic (exact) mass is 281 g/mol. The van der Waals surface area contributed by atoms with Crippen LogP contribution in [-0.2, 0) is 4.79 Å². The lowest BCUT2D eigenvalue weighted by Crippen LogP contribution is -2.49. The Labute approximate surface area is 123 Å². The fourth-order valence-electron chi connectivity index (χ4n) is 3.60. The van der Waals surface area contributed by atoms with E-state index in [0.717, 1.165) is 32.1 Å². The second kappa shape index (κ2) is 7.99. The minimum Gasteiger partial charge on any atom is -0.343 e. The quantitative estimate of drug-likeness (QED) is 0.836. The Hall–Kier alpha value is -0.610. The van der Waals surface area contributed by atoms with E-state index < -0.39 is 0 Å². The number of amides is 1. The number of hydrogen-bond donors (Lipinski definition) is 1. The number of nitrogens with zero attached hydrogens (tertiary/aromatic N) is 2. The summed E-state index contributed by atoms with van der Waals surface area (Å²) in [6.07, 6.45) is 8.06. The molecule has 2 N–H and O–H groups in total. The molecule has 2 unspecified atom stereocenters. The molecule has 2 fully saturated rings. The normalized spacial score (nSPS) is 26.5. The van der Waals surface area contributed by atoms with E-state index in [1.165, 1.54) is 38.5 Å². The van der Waals surface area contributed by atoms with E-state index in [1.807, 2.05) is 4.90 Å². The maximum atomic E-state index is 12.4. The third kappa shape index (κ3) is 4.19. The van der Waals surface area contributed by atoms with Gasteiger partial charge in [-0.2, -0.15) is 0 Å². The van der Waals surface area contributed by atoms with Crippen LogP contribution in [0.5, 0.6) is 0 Å². The number of carbonyl (C=O) groups is 1. The highest BCUT2D eigenvalue weighted by atomic mass is 16.2. The van der Waals surface area contributed by atoms with E-state index in [0.29, 0.717) is 18.9 Å². The summed E-state index contributed by atoms with van der Waals surface area (Å²) >= 11 is 0. The molecular formula is C16H31N3O. The molecule has 0 bridgehead atoms. The van der Waals surface area contributed by atoms with Crippen molar-refractivity contribution < 1.29 is 4.79 Å². The zero-order valence-corrected chi connectivity index (χ0v) is 13.0. The van der Waals surface area contributed by atoms with Crippen LogP contribution < -0.4 is 5.73 Å². The van der Waals surface area contributed by atoms with Crippen molar-refractivity contribution in [1.29, 1.82) is 0 Å². The molecular weight excluding hydrogens is 250 g/mol. The number of carbonyl (C=O) groups excluding carboxylic acids is 1. The molecule has 2 saturated heterocycles. The van der Waals surface area contributed by atoms with Gasteiger partial charge in [-0.15, -0.1) is 0 Å². The van der Waals surface area contributed by atoms with E-state index in [9.17, 15) is 4.79 Å². The fourth-order valence-corrected chi connectivity index (χ4v) is 3.60. The first-order valence-electron chi connectivity index (χ1n) is 8.46. The molecule has 0 aromatic carbocycles. The van der Waals surface area contributed by atoms with Crippen LogP contribution >= 0.6 is 0 Å². The van der Waals surface area contributed by atoms with Gasteiger partial charge in [0.15, 0.2) is 0 Å². The Morgan fingerprint density at radius 1 is 1.20 bits per heavy atom. The van der Waals surface area contributed by atoms with Crippen LogP contribution in [-0.4, -0.2) is 54.5 Å². The van der Waals surface area contributed by atoms with Gasteiger partial charge in [0, 0.05) is 38.6 Å². The van der Waals surface area contributed by atoms with Crippen molar-refractivity contribution >= 4 is 5.91 Å². The molecule has 2 aliphatic rings. The smallest absolute Gasteiger partial charge is 0.224 e. The average Bonchev–Trinajstić information content (AvgIpc) is 2.53. The second-order valence-corrected chi connectivity index (χ2v) is 6.45. The molecule has 0 saturated carbocycles. The zero-order valence-electron chi connectivity index (χ0n) is 13.0. The van der Waals surface area contributed by atoms with Crippen molar-refractivity contribution in [3.05, 3.63) is 0 Å². The molecule has 0 aliphatic carbocycles. The lowest BCUT2D eigenvalue weighted by atomic mass is 9.94. The van der Waals surface area contributed by atoms with Gasteiger partial charge in [-0.05, 0) is 44.6 Å². The van der Waals surface area contributed by atoms with Crippen molar-refractivity contribution in [3.63, 3.8) is 0 Å². The molecule has 0 spiro atoms. The van der Waals surface area contributed by atoms with Crippen LogP contribution in [0.3, 0.4) is 0 Å². The molecule has 2 rings (SSSR count). The number of rotatable bonds is 5. The predicted molar refractivity (Wildman–Crippen MR) is 82.5 cm³/mol. The zero-order chi connectivity index (χ0) is 14.4. The minimum absolute atomic E-state index is 0.249. The first-order valence-corrected chi connectivity index (χ1v) is 8.46. The van der Waals surface area contributed by atoms with Crippen LogP contribution in [0, 0.1) is 5.92 Å². The number of nitrogens with two attached hydrogens (primary N) is 1. The summed E-state index contributed by atoms with van der Waals surface area (Å²) in [7, 11) is 0. The Morgan fingerprint density at radius 3 is 2.60 bits per heavy atom. The number of piperidine rings is 2. The van der Waals surface area contributed by atoms with E-state index in [-0.39, 0.29) is 6.04 Å². The molecule has 20 heavy (non-hydrogen) atoms. The molecule has 0 aromatic heterocycles. The average molecular weight is 281 g/mol. The van der Waals surface area contributed by atoms with Crippen LogP contribution in [0.4, 0.5) is 0 Å². The number of likely N-dealkylation sites (tertiary alicyclic amines) is 2. The lowest BCUT2D eigenvalue weighted by molar-refractivity contribution is -0.133. The van der Waals surface area contributed by atoms with Crippen LogP contribution in [0.1, 0.15) is 51.9 Å². The van der Waals surface area contributed by atoms with Gasteiger partial charge in [-0.25, -0.2) is 0 Å². The highest BCUT2D eigenvalue weighted by Crippen LogP contribution is 2.22. The SMILES string of the molecule is CCC1CCCN(C(CN)CC(=O)N2CCCCC2)C1. The first-order chi connectivity index (χ1) is 9.74. The first kappa shape index (κ1) is 15.8. The third-order valence-corrected chi connectivity index (χ3v) is 5.04. The van der Waals surface area contributed by atoms with Gasteiger partial charge in [-0.3, -0.25) is 9.69 Å². The van der Waals surface area contributed by atoms with E-state index in [4.69, 9.17) is 5.73 Å². The summed E-state index contributed by atoms with van der Waals surface area (Å²) in [5, 5.41) is 0. The maximum absolute atomic E-state index is 12.4. The molecule has 0 aromatic rings. The summed E-state index contributed by atoms with van der Waals surface area (Å²) < 4.78 is 0. The van der Waals surface area contributed by atoms with E-state index >= 15 is 0 Å². The van der Waals surface area contributed by atoms with E-state index in [1.54, 1.807) is 0 Å². The summed E-state index contributed by atoms with van der Waals surface area (Å²) in [4.78, 5) is 16.9. The van der Waals surface area contributed by atoms with Gasteiger partial charge < -0.3 is 10.6 Å². The van der Waals surface area contributed by atoms with Gasteiger partial charge in [0.2, 0.25) is 5.91 Å². The molecule has 4 heteroatoms. The predicted octanol–water partition coefficient (Wildman–Crippen LogP) is 1.84. The number of hydrogen-bond acceptors (Lipinski definition) is 3. The Balaban J connectivity index is 1.85. The summed E-state index contributed by atoms with van der Waals surface area (Å²) in [6, 6.07) is 0.249. The van der Waals surface area contributed by atoms with Crippen LogP contribution in [0.2, 0.25) is 0 Å². The van der Waals surface area contributed by atoms with Gasteiger partial charge >= 0.3 is 0 Å². The van der Waals surface area contributed by atoms with Crippen LogP contribution in [0.25, 0.3) is 0 Å². The fraction of sp³-hybridized carbons (Fsp3) is 0.938. The molecule has 2 heterocycles. The van der Waals surface area contributed by atoms with Crippen molar-refractivity contribution in [2.45, 2.75) is 57.9 Å². The maximum Gasteiger partial charge on any atom is 0.224 e. The van der Waals surface area contributed by atoms with Gasteiger partial charge in [0.25, 0.3) is 0 Å². The second-order valence-electron chi connectivity index (χ2n) is 6.45. The van der Waals surface area contributed by atoms with Gasteiger partial charge in [0.05, 0.1) is 0 Å². The summed E-state index contributed by atoms with van der Waals surface area (Å²) in [6.45, 7) is 7.03. The molecule has 2 atom stereocenters. The highest BCUT2D eigenvalue weighted by molar-refractivity contribution is 5.77. The lowest BCUT2D eigenvalue weighted by Gasteiger charge is -2.38. The molecule has 4 nitrogen and oxygen atoms in total. The largest absolute Gasteiger partial charge is 0.343 e. The van der Waals surface area contributed by atoms with Crippen molar-refractivity contribution in [3.8, 4) is 0 Å². The third-order valence-electron chi connectivity index (χ3n) is 5.04.